The molecule has 1 aromatic rings. The highest BCUT2D eigenvalue weighted by Gasteiger charge is 2.32. The minimum absolute atomic E-state index is 0.115. The Hall–Kier alpha value is -2.24. The molecule has 0 radical (unpaired) electrons. The number of carbonyl (C=O) groups is 1. The van der Waals surface area contributed by atoms with Crippen molar-refractivity contribution in [1.82, 2.24) is 9.62 Å². The number of carbonyl (C=O) groups excluding carboxylic acids is 1. The number of nitrogens with one attached hydrogen (secondary N) is 1. The van der Waals surface area contributed by atoms with Crippen LogP contribution in [0.5, 0.6) is 11.5 Å². The van der Waals surface area contributed by atoms with E-state index in [0.29, 0.717) is 50.6 Å². The average Bonchev–Trinajstić information content (AvgIpc) is 2.91. The van der Waals surface area contributed by atoms with Gasteiger partial charge in [-0.05, 0) is 25.0 Å². The number of piperidine rings is 1. The molecule has 0 atom stereocenters. The van der Waals surface area contributed by atoms with E-state index in [1.54, 1.807) is 6.07 Å². The lowest BCUT2D eigenvalue weighted by Gasteiger charge is -2.30. The zero-order chi connectivity index (χ0) is 18.6. The molecule has 3 rings (SSSR count). The molecule has 2 aliphatic rings. The summed E-state index contributed by atoms with van der Waals surface area (Å²) in [6.45, 7) is 1.83. The number of hydrogen-bond acceptors (Lipinski definition) is 5. The van der Waals surface area contributed by atoms with E-state index in [-0.39, 0.29) is 23.3 Å². The van der Waals surface area contributed by atoms with Gasteiger partial charge in [0.1, 0.15) is 0 Å². The Balaban J connectivity index is 1.69. The van der Waals surface area contributed by atoms with E-state index in [4.69, 9.17) is 15.9 Å². The first-order valence-electron chi connectivity index (χ1n) is 8.63. The van der Waals surface area contributed by atoms with Crippen molar-refractivity contribution in [2.75, 3.05) is 32.8 Å². The second-order valence-electron chi connectivity index (χ2n) is 6.26. The lowest BCUT2D eigenvalue weighted by atomic mass is 9.97. The molecule has 0 bridgehead atoms. The van der Waals surface area contributed by atoms with E-state index in [9.17, 15) is 13.2 Å². The summed E-state index contributed by atoms with van der Waals surface area (Å²) in [4.78, 5) is 12.1. The fraction of sp³-hybridized carbons (Fsp3) is 0.500. The van der Waals surface area contributed by atoms with Gasteiger partial charge in [-0.1, -0.05) is 5.92 Å². The SMILES string of the molecule is C#CCNC(=O)C1CCN(S(=O)(=O)c2ccc3c(c2)OCCCO3)CC1. The number of nitrogens with zero attached hydrogens (tertiary/aromatic N) is 1. The molecule has 7 nitrogen and oxygen atoms in total. The fourth-order valence-electron chi connectivity index (χ4n) is 3.09. The predicted octanol–water partition coefficient (Wildman–Crippen LogP) is 0.998. The van der Waals surface area contributed by atoms with Gasteiger partial charge in [0, 0.05) is 31.5 Å². The minimum Gasteiger partial charge on any atom is -0.490 e. The molecule has 0 spiro atoms. The Morgan fingerprint density at radius 3 is 2.62 bits per heavy atom. The molecule has 1 saturated heterocycles. The van der Waals surface area contributed by atoms with Crippen molar-refractivity contribution in [3.05, 3.63) is 18.2 Å². The molecule has 8 heteroatoms. The van der Waals surface area contributed by atoms with Crippen molar-refractivity contribution in [2.24, 2.45) is 5.92 Å². The highest BCUT2D eigenvalue weighted by atomic mass is 32.2. The Morgan fingerprint density at radius 2 is 1.92 bits per heavy atom. The summed E-state index contributed by atoms with van der Waals surface area (Å²) < 4.78 is 38.4. The number of rotatable bonds is 4. The molecule has 2 aliphatic heterocycles. The second kappa shape index (κ2) is 7.98. The maximum atomic E-state index is 12.9. The van der Waals surface area contributed by atoms with Crippen LogP contribution in [-0.4, -0.2) is 51.5 Å². The molecular weight excluding hydrogens is 356 g/mol. The summed E-state index contributed by atoms with van der Waals surface area (Å²) >= 11 is 0. The van der Waals surface area contributed by atoms with Crippen LogP contribution in [0.2, 0.25) is 0 Å². The minimum atomic E-state index is -3.64. The summed E-state index contributed by atoms with van der Waals surface area (Å²) in [6.07, 6.45) is 6.84. The van der Waals surface area contributed by atoms with Crippen LogP contribution in [0, 0.1) is 18.3 Å². The van der Waals surface area contributed by atoms with Gasteiger partial charge in [0.05, 0.1) is 24.7 Å². The maximum Gasteiger partial charge on any atom is 0.243 e. The summed E-state index contributed by atoms with van der Waals surface area (Å²) in [6, 6.07) is 4.68. The van der Waals surface area contributed by atoms with Crippen LogP contribution < -0.4 is 14.8 Å². The summed E-state index contributed by atoms with van der Waals surface area (Å²) in [5.41, 5.74) is 0. The third-order valence-corrected chi connectivity index (χ3v) is 6.44. The summed E-state index contributed by atoms with van der Waals surface area (Å²) in [5.74, 6) is 3.05. The number of sulfonamides is 1. The predicted molar refractivity (Wildman–Crippen MR) is 95.4 cm³/mol. The molecule has 1 fully saturated rings. The van der Waals surface area contributed by atoms with Gasteiger partial charge in [0.25, 0.3) is 0 Å². The van der Waals surface area contributed by atoms with E-state index < -0.39 is 10.0 Å². The zero-order valence-electron chi connectivity index (χ0n) is 14.4. The lowest BCUT2D eigenvalue weighted by Crippen LogP contribution is -2.43. The number of terminal acetylenes is 1. The molecular formula is C18H22N2O5S. The number of hydrogen-bond donors (Lipinski definition) is 1. The van der Waals surface area contributed by atoms with Gasteiger partial charge in [-0.15, -0.1) is 6.42 Å². The fourth-order valence-corrected chi connectivity index (χ4v) is 4.58. The van der Waals surface area contributed by atoms with Gasteiger partial charge in [-0.25, -0.2) is 8.42 Å². The van der Waals surface area contributed by atoms with Crippen LogP contribution in [-0.2, 0) is 14.8 Å². The lowest BCUT2D eigenvalue weighted by molar-refractivity contribution is -0.125. The first kappa shape index (κ1) is 18.5. The first-order chi connectivity index (χ1) is 12.5. The summed E-state index contributed by atoms with van der Waals surface area (Å²) in [7, 11) is -3.64. The van der Waals surface area contributed by atoms with Crippen LogP contribution in [0.25, 0.3) is 0 Å². The Kier molecular flexibility index (Phi) is 5.69. The first-order valence-corrected chi connectivity index (χ1v) is 10.1. The van der Waals surface area contributed by atoms with Crippen LogP contribution >= 0.6 is 0 Å². The van der Waals surface area contributed by atoms with Crippen LogP contribution in [0.15, 0.2) is 23.1 Å². The molecule has 26 heavy (non-hydrogen) atoms. The topological polar surface area (TPSA) is 84.9 Å². The third kappa shape index (κ3) is 3.94. The molecule has 0 unspecified atom stereocenters. The Labute approximate surface area is 153 Å². The quantitative estimate of drug-likeness (QED) is 0.790. The van der Waals surface area contributed by atoms with Gasteiger partial charge < -0.3 is 14.8 Å². The van der Waals surface area contributed by atoms with E-state index in [0.717, 1.165) is 6.42 Å². The van der Waals surface area contributed by atoms with Gasteiger partial charge >= 0.3 is 0 Å². The molecule has 0 aliphatic carbocycles. The Bertz CT molecular complexity index is 807. The van der Waals surface area contributed by atoms with Crippen molar-refractivity contribution in [3.63, 3.8) is 0 Å². The van der Waals surface area contributed by atoms with Crippen molar-refractivity contribution >= 4 is 15.9 Å². The molecule has 1 N–H and O–H groups in total. The van der Waals surface area contributed by atoms with Crippen molar-refractivity contribution in [2.45, 2.75) is 24.2 Å². The van der Waals surface area contributed by atoms with Crippen molar-refractivity contribution in [3.8, 4) is 23.8 Å². The second-order valence-corrected chi connectivity index (χ2v) is 8.20. The number of benzene rings is 1. The summed E-state index contributed by atoms with van der Waals surface area (Å²) in [5, 5.41) is 2.65. The van der Waals surface area contributed by atoms with E-state index >= 15 is 0 Å². The number of amides is 1. The highest BCUT2D eigenvalue weighted by molar-refractivity contribution is 7.89. The molecule has 1 amide bonds. The Morgan fingerprint density at radius 1 is 1.23 bits per heavy atom. The normalized spacial score (nSPS) is 18.6. The maximum absolute atomic E-state index is 12.9. The van der Waals surface area contributed by atoms with E-state index in [1.807, 2.05) is 0 Å². The largest absolute Gasteiger partial charge is 0.490 e. The average molecular weight is 378 g/mol. The number of ether oxygens (including phenoxy) is 2. The van der Waals surface area contributed by atoms with Crippen molar-refractivity contribution < 1.29 is 22.7 Å². The van der Waals surface area contributed by atoms with Gasteiger partial charge in [0.15, 0.2) is 11.5 Å². The van der Waals surface area contributed by atoms with E-state index in [1.165, 1.54) is 16.4 Å². The molecule has 0 aromatic heterocycles. The van der Waals surface area contributed by atoms with E-state index in [2.05, 4.69) is 11.2 Å². The van der Waals surface area contributed by atoms with Gasteiger partial charge in [0.2, 0.25) is 15.9 Å². The standard InChI is InChI=1S/C18H22N2O5S/c1-2-8-19-18(21)14-6-9-20(10-7-14)26(22,23)15-4-5-16-17(13-15)25-12-3-11-24-16/h1,4-5,13-14H,3,6-12H2,(H,19,21). The molecule has 1 aromatic carbocycles. The molecule has 140 valence electrons. The monoisotopic (exact) mass is 378 g/mol. The highest BCUT2D eigenvalue weighted by Crippen LogP contribution is 2.33. The van der Waals surface area contributed by atoms with Crippen molar-refractivity contribution in [1.29, 1.82) is 0 Å². The molecule has 2 heterocycles. The van der Waals surface area contributed by atoms with Gasteiger partial charge in [-0.2, -0.15) is 4.31 Å². The molecule has 0 saturated carbocycles. The number of fused-ring (bicyclic) bond motifs is 1. The smallest absolute Gasteiger partial charge is 0.243 e. The van der Waals surface area contributed by atoms with Gasteiger partial charge in [-0.3, -0.25) is 4.79 Å². The van der Waals surface area contributed by atoms with Crippen LogP contribution in [0.1, 0.15) is 19.3 Å². The zero-order valence-corrected chi connectivity index (χ0v) is 15.3. The van der Waals surface area contributed by atoms with Crippen LogP contribution in [0.3, 0.4) is 0 Å². The van der Waals surface area contributed by atoms with Crippen LogP contribution in [0.4, 0.5) is 0 Å². The third-order valence-electron chi connectivity index (χ3n) is 4.55.